The highest BCUT2D eigenvalue weighted by molar-refractivity contribution is 5.64. The summed E-state index contributed by atoms with van der Waals surface area (Å²) < 4.78 is 40.6. The average molecular weight is 497 g/mol. The second-order valence-electron chi connectivity index (χ2n) is 9.53. The SMILES string of the molecule is CCCCCCOc1ccc(-c2ncc(-c3ccc(OC[C@@](C)(F)CCCCC)cc3)cn2)c(F)c1. The minimum atomic E-state index is -1.34. The van der Waals surface area contributed by atoms with E-state index < -0.39 is 11.5 Å². The lowest BCUT2D eigenvalue weighted by Crippen LogP contribution is -2.27. The minimum absolute atomic E-state index is 0.0299. The van der Waals surface area contributed by atoms with Crippen LogP contribution in [0.15, 0.2) is 54.9 Å². The molecule has 0 fully saturated rings. The summed E-state index contributed by atoms with van der Waals surface area (Å²) in [4.78, 5) is 8.73. The number of ether oxygens (including phenoxy) is 2. The zero-order valence-electron chi connectivity index (χ0n) is 21.7. The van der Waals surface area contributed by atoms with E-state index in [1.807, 2.05) is 24.3 Å². The maximum Gasteiger partial charge on any atom is 0.162 e. The molecule has 3 aromatic rings. The zero-order chi connectivity index (χ0) is 25.8. The van der Waals surface area contributed by atoms with E-state index >= 15 is 0 Å². The Kier molecular flexibility index (Phi) is 10.6. The number of benzene rings is 2. The van der Waals surface area contributed by atoms with Gasteiger partial charge in [0.25, 0.3) is 0 Å². The molecule has 0 saturated carbocycles. The van der Waals surface area contributed by atoms with Crippen LogP contribution in [0.25, 0.3) is 22.5 Å². The van der Waals surface area contributed by atoms with Crippen molar-refractivity contribution in [2.45, 2.75) is 77.8 Å². The van der Waals surface area contributed by atoms with Crippen LogP contribution in [-0.4, -0.2) is 28.9 Å². The Bertz CT molecular complexity index is 1050. The number of aromatic nitrogens is 2. The van der Waals surface area contributed by atoms with Crippen LogP contribution in [0.2, 0.25) is 0 Å². The Hall–Kier alpha value is -3.02. The summed E-state index contributed by atoms with van der Waals surface area (Å²) in [6, 6.07) is 12.2. The molecular formula is C30H38F2N2O2. The van der Waals surface area contributed by atoms with E-state index in [9.17, 15) is 8.78 Å². The maximum absolute atomic E-state index is 14.7. The number of hydrogen-bond donors (Lipinski definition) is 0. The smallest absolute Gasteiger partial charge is 0.162 e. The van der Waals surface area contributed by atoms with Gasteiger partial charge < -0.3 is 9.47 Å². The number of unbranched alkanes of at least 4 members (excludes halogenated alkanes) is 5. The Morgan fingerprint density at radius 3 is 2.11 bits per heavy atom. The highest BCUT2D eigenvalue weighted by atomic mass is 19.1. The molecule has 3 rings (SSSR count). The summed E-state index contributed by atoms with van der Waals surface area (Å²) >= 11 is 0. The second-order valence-corrected chi connectivity index (χ2v) is 9.53. The molecule has 0 amide bonds. The third-order valence-corrected chi connectivity index (χ3v) is 6.13. The monoisotopic (exact) mass is 496 g/mol. The van der Waals surface area contributed by atoms with Crippen molar-refractivity contribution in [3.8, 4) is 34.0 Å². The largest absolute Gasteiger partial charge is 0.493 e. The van der Waals surface area contributed by atoms with E-state index in [-0.39, 0.29) is 6.61 Å². The molecule has 0 bridgehead atoms. The highest BCUT2D eigenvalue weighted by Crippen LogP contribution is 2.27. The van der Waals surface area contributed by atoms with E-state index in [4.69, 9.17) is 9.47 Å². The number of hydrogen-bond acceptors (Lipinski definition) is 4. The molecule has 0 aliphatic rings. The van der Waals surface area contributed by atoms with Gasteiger partial charge in [0.15, 0.2) is 5.82 Å². The van der Waals surface area contributed by atoms with E-state index in [1.54, 1.807) is 31.5 Å². The van der Waals surface area contributed by atoms with Crippen LogP contribution in [0, 0.1) is 5.82 Å². The van der Waals surface area contributed by atoms with Gasteiger partial charge in [-0.1, -0.05) is 64.5 Å². The molecule has 194 valence electrons. The van der Waals surface area contributed by atoms with E-state index in [0.29, 0.717) is 35.9 Å². The first-order valence-corrected chi connectivity index (χ1v) is 13.1. The molecule has 1 heterocycles. The van der Waals surface area contributed by atoms with Crippen LogP contribution in [0.1, 0.15) is 72.1 Å². The average Bonchev–Trinajstić information content (AvgIpc) is 2.88. The summed E-state index contributed by atoms with van der Waals surface area (Å²) in [5.41, 5.74) is 0.683. The van der Waals surface area contributed by atoms with Crippen LogP contribution in [-0.2, 0) is 0 Å². The Morgan fingerprint density at radius 1 is 0.778 bits per heavy atom. The lowest BCUT2D eigenvalue weighted by Gasteiger charge is -2.20. The fraction of sp³-hybridized carbons (Fsp3) is 0.467. The molecule has 0 aliphatic heterocycles. The summed E-state index contributed by atoms with van der Waals surface area (Å²) in [7, 11) is 0. The van der Waals surface area contributed by atoms with Gasteiger partial charge in [-0.3, -0.25) is 0 Å². The predicted molar refractivity (Wildman–Crippen MR) is 142 cm³/mol. The first kappa shape index (κ1) is 27.6. The van der Waals surface area contributed by atoms with Crippen LogP contribution in [0.5, 0.6) is 11.5 Å². The van der Waals surface area contributed by atoms with Gasteiger partial charge in [-0.25, -0.2) is 18.7 Å². The van der Waals surface area contributed by atoms with Gasteiger partial charge in [0.05, 0.1) is 12.2 Å². The molecule has 0 spiro atoms. The third kappa shape index (κ3) is 8.58. The molecule has 6 heteroatoms. The van der Waals surface area contributed by atoms with Crippen LogP contribution in [0.3, 0.4) is 0 Å². The van der Waals surface area contributed by atoms with Gasteiger partial charge in [-0.2, -0.15) is 0 Å². The molecule has 0 N–H and O–H groups in total. The van der Waals surface area contributed by atoms with Gasteiger partial charge >= 0.3 is 0 Å². The lowest BCUT2D eigenvalue weighted by molar-refractivity contribution is 0.0907. The normalized spacial score (nSPS) is 12.8. The van der Waals surface area contributed by atoms with Gasteiger partial charge in [0.2, 0.25) is 0 Å². The van der Waals surface area contributed by atoms with Crippen molar-refractivity contribution in [3.63, 3.8) is 0 Å². The van der Waals surface area contributed by atoms with Gasteiger partial charge in [0.1, 0.15) is 29.6 Å². The Morgan fingerprint density at radius 2 is 1.44 bits per heavy atom. The molecular weight excluding hydrogens is 458 g/mol. The maximum atomic E-state index is 14.7. The first-order valence-electron chi connectivity index (χ1n) is 13.1. The molecule has 0 unspecified atom stereocenters. The van der Waals surface area contributed by atoms with Gasteiger partial charge in [0, 0.05) is 24.0 Å². The Balaban J connectivity index is 1.56. The van der Waals surface area contributed by atoms with E-state index in [1.165, 1.54) is 18.9 Å². The lowest BCUT2D eigenvalue weighted by atomic mass is 10.0. The topological polar surface area (TPSA) is 44.2 Å². The van der Waals surface area contributed by atoms with Crippen molar-refractivity contribution in [2.24, 2.45) is 0 Å². The molecule has 2 aromatic carbocycles. The molecule has 0 radical (unpaired) electrons. The molecule has 4 nitrogen and oxygen atoms in total. The Labute approximate surface area is 214 Å². The molecule has 0 aliphatic carbocycles. The second kappa shape index (κ2) is 13.9. The predicted octanol–water partition coefficient (Wildman–Crippen LogP) is 8.60. The van der Waals surface area contributed by atoms with E-state index in [2.05, 4.69) is 23.8 Å². The number of rotatable bonds is 15. The summed E-state index contributed by atoms with van der Waals surface area (Å²) in [5.74, 6) is 1.03. The summed E-state index contributed by atoms with van der Waals surface area (Å²) in [5, 5.41) is 0. The van der Waals surface area contributed by atoms with Crippen molar-refractivity contribution in [1.29, 1.82) is 0 Å². The molecule has 36 heavy (non-hydrogen) atoms. The molecule has 1 atom stereocenters. The van der Waals surface area contributed by atoms with Crippen LogP contribution in [0.4, 0.5) is 8.78 Å². The summed E-state index contributed by atoms with van der Waals surface area (Å²) in [6.07, 6.45) is 11.2. The number of halogens is 2. The number of alkyl halides is 1. The van der Waals surface area contributed by atoms with Crippen molar-refractivity contribution < 1.29 is 18.3 Å². The van der Waals surface area contributed by atoms with Crippen molar-refractivity contribution in [1.82, 2.24) is 9.97 Å². The van der Waals surface area contributed by atoms with Gasteiger partial charge in [-0.15, -0.1) is 0 Å². The van der Waals surface area contributed by atoms with E-state index in [0.717, 1.165) is 43.2 Å². The fourth-order valence-electron chi connectivity index (χ4n) is 3.90. The molecule has 1 aromatic heterocycles. The zero-order valence-corrected chi connectivity index (χ0v) is 21.7. The van der Waals surface area contributed by atoms with Crippen molar-refractivity contribution in [3.05, 3.63) is 60.7 Å². The van der Waals surface area contributed by atoms with Crippen molar-refractivity contribution in [2.75, 3.05) is 13.2 Å². The standard InChI is InChI=1S/C30H38F2N2O2/c1-4-6-8-10-18-35-26-15-16-27(28(31)19-26)29-33-20-24(21-34-29)23-11-13-25(14-12-23)36-22-30(3,32)17-9-7-5-2/h11-16,19-21H,4-10,17-18,22H2,1-3H3/t30-/m0/s1. The molecule has 0 saturated heterocycles. The van der Waals surface area contributed by atoms with Crippen molar-refractivity contribution >= 4 is 0 Å². The minimum Gasteiger partial charge on any atom is -0.493 e. The summed E-state index contributed by atoms with van der Waals surface area (Å²) in [6.45, 7) is 6.47. The highest BCUT2D eigenvalue weighted by Gasteiger charge is 2.23. The fourth-order valence-corrected chi connectivity index (χ4v) is 3.90. The third-order valence-electron chi connectivity index (χ3n) is 6.13. The van der Waals surface area contributed by atoms with Crippen LogP contribution >= 0.6 is 0 Å². The van der Waals surface area contributed by atoms with Crippen LogP contribution < -0.4 is 9.47 Å². The quantitative estimate of drug-likeness (QED) is 0.198. The first-order chi connectivity index (χ1) is 17.4. The van der Waals surface area contributed by atoms with Gasteiger partial charge in [-0.05, 0) is 49.6 Å². The number of nitrogens with zero attached hydrogens (tertiary/aromatic N) is 2.